The highest BCUT2D eigenvalue weighted by atomic mass is 32.1. The smallest absolute Gasteiger partial charge is 0.451 e. The molecule has 13 heteroatoms. The minimum atomic E-state index is -4.50. The molecule has 40 heavy (non-hydrogen) atoms. The van der Waals surface area contributed by atoms with Crippen LogP contribution in [0.5, 0.6) is 5.75 Å². The van der Waals surface area contributed by atoms with Gasteiger partial charge in [-0.25, -0.2) is 9.97 Å². The number of aryl methyl sites for hydroxylation is 1. The highest BCUT2D eigenvalue weighted by molar-refractivity contribution is 7.19. The number of rotatable bonds is 4. The average Bonchev–Trinajstić information content (AvgIpc) is 3.57. The molecule has 3 aliphatic rings. The average molecular weight is 572 g/mol. The number of anilines is 1. The van der Waals surface area contributed by atoms with E-state index in [2.05, 4.69) is 26.1 Å². The number of piperidine rings is 1. The van der Waals surface area contributed by atoms with Gasteiger partial charge in [0.15, 0.2) is 11.6 Å². The first-order chi connectivity index (χ1) is 19.3. The number of thiophene rings is 1. The highest BCUT2D eigenvalue weighted by Gasteiger charge is 2.44. The number of benzene rings is 1. The lowest BCUT2D eigenvalue weighted by Gasteiger charge is -2.42. The van der Waals surface area contributed by atoms with Gasteiger partial charge in [0.05, 0.1) is 23.4 Å². The fourth-order valence-electron chi connectivity index (χ4n) is 6.24. The summed E-state index contributed by atoms with van der Waals surface area (Å²) in [6.45, 7) is 4.86. The molecule has 2 fully saturated rings. The predicted octanol–water partition coefficient (Wildman–Crippen LogP) is 4.52. The van der Waals surface area contributed by atoms with Crippen molar-refractivity contribution < 1.29 is 23.0 Å². The number of morpholine rings is 1. The summed E-state index contributed by atoms with van der Waals surface area (Å²) >= 11 is 1.67. The van der Waals surface area contributed by atoms with Gasteiger partial charge in [-0.3, -0.25) is 4.90 Å². The molecule has 3 aliphatic heterocycles. The van der Waals surface area contributed by atoms with Crippen molar-refractivity contribution in [1.82, 2.24) is 29.6 Å². The Kier molecular flexibility index (Phi) is 6.39. The van der Waals surface area contributed by atoms with E-state index in [-0.39, 0.29) is 17.7 Å². The fraction of sp³-hybridized carbons (Fsp3) is 0.481. The van der Waals surface area contributed by atoms with Crippen molar-refractivity contribution in [2.75, 3.05) is 44.3 Å². The second kappa shape index (κ2) is 9.96. The number of phenolic OH excluding ortho intramolecular Hbond substituents is 1. The predicted molar refractivity (Wildman–Crippen MR) is 143 cm³/mol. The molecule has 3 aromatic heterocycles. The van der Waals surface area contributed by atoms with Crippen molar-refractivity contribution in [3.8, 4) is 17.1 Å². The molecule has 0 bridgehead atoms. The normalized spacial score (nSPS) is 21.9. The first-order valence-electron chi connectivity index (χ1n) is 13.5. The maximum absolute atomic E-state index is 13.6. The lowest BCUT2D eigenvalue weighted by Crippen LogP contribution is -2.44. The third-order valence-corrected chi connectivity index (χ3v) is 9.17. The van der Waals surface area contributed by atoms with E-state index >= 15 is 0 Å². The Morgan fingerprint density at radius 2 is 1.90 bits per heavy atom. The van der Waals surface area contributed by atoms with Gasteiger partial charge >= 0.3 is 6.18 Å². The van der Waals surface area contributed by atoms with E-state index in [1.165, 1.54) is 4.57 Å². The van der Waals surface area contributed by atoms with Crippen LogP contribution < -0.4 is 4.90 Å². The number of phenols is 1. The number of hydrogen-bond acceptors (Lipinski definition) is 9. The summed E-state index contributed by atoms with van der Waals surface area (Å²) in [6, 6.07) is 8.83. The van der Waals surface area contributed by atoms with E-state index in [0.717, 1.165) is 52.5 Å². The molecule has 210 valence electrons. The van der Waals surface area contributed by atoms with Crippen LogP contribution in [0, 0.1) is 5.92 Å². The van der Waals surface area contributed by atoms with Gasteiger partial charge in [0.2, 0.25) is 5.82 Å². The maximum atomic E-state index is 13.6. The molecule has 1 N–H and O–H groups in total. The quantitative estimate of drug-likeness (QED) is 0.382. The van der Waals surface area contributed by atoms with E-state index in [9.17, 15) is 18.3 Å². The summed E-state index contributed by atoms with van der Waals surface area (Å²) in [5.74, 6) is 1.28. The van der Waals surface area contributed by atoms with Gasteiger partial charge in [0.25, 0.3) is 0 Å². The zero-order valence-electron chi connectivity index (χ0n) is 21.6. The minimum absolute atomic E-state index is 0.119. The second-order valence-corrected chi connectivity index (χ2v) is 11.8. The summed E-state index contributed by atoms with van der Waals surface area (Å²) in [6.07, 6.45) is -2.55. The van der Waals surface area contributed by atoms with Crippen LogP contribution in [0.4, 0.5) is 19.0 Å². The topological polar surface area (TPSA) is 92.4 Å². The summed E-state index contributed by atoms with van der Waals surface area (Å²) in [7, 11) is 0. The van der Waals surface area contributed by atoms with Crippen molar-refractivity contribution in [2.45, 2.75) is 38.0 Å². The van der Waals surface area contributed by atoms with Gasteiger partial charge in [0, 0.05) is 55.6 Å². The van der Waals surface area contributed by atoms with Crippen molar-refractivity contribution in [1.29, 1.82) is 0 Å². The number of aromatic nitrogens is 5. The molecule has 1 aromatic carbocycles. The summed E-state index contributed by atoms with van der Waals surface area (Å²) in [4.78, 5) is 15.5. The maximum Gasteiger partial charge on any atom is 0.451 e. The Morgan fingerprint density at radius 1 is 1.05 bits per heavy atom. The van der Waals surface area contributed by atoms with Gasteiger partial charge in [-0.15, -0.1) is 21.5 Å². The molecule has 0 saturated carbocycles. The molecular formula is C27H28F3N7O2S. The van der Waals surface area contributed by atoms with Crippen LogP contribution in [0.1, 0.15) is 35.4 Å². The van der Waals surface area contributed by atoms with Crippen molar-refractivity contribution >= 4 is 27.4 Å². The van der Waals surface area contributed by atoms with Gasteiger partial charge in [-0.1, -0.05) is 12.1 Å². The number of likely N-dealkylation sites (tertiary alicyclic amines) is 1. The Hall–Kier alpha value is -3.29. The molecule has 2 atom stereocenters. The Morgan fingerprint density at radius 3 is 2.70 bits per heavy atom. The zero-order chi connectivity index (χ0) is 27.4. The third kappa shape index (κ3) is 4.69. The van der Waals surface area contributed by atoms with Crippen LogP contribution in [0.2, 0.25) is 0 Å². The largest absolute Gasteiger partial charge is 0.508 e. The fourth-order valence-corrected chi connectivity index (χ4v) is 7.39. The van der Waals surface area contributed by atoms with Crippen molar-refractivity contribution in [2.24, 2.45) is 5.92 Å². The lowest BCUT2D eigenvalue weighted by molar-refractivity contribution is -0.149. The van der Waals surface area contributed by atoms with Crippen LogP contribution >= 0.6 is 11.3 Å². The summed E-state index contributed by atoms with van der Waals surface area (Å²) in [5, 5.41) is 17.4. The molecule has 4 aromatic rings. The molecule has 2 saturated heterocycles. The molecule has 6 heterocycles. The summed E-state index contributed by atoms with van der Waals surface area (Å²) < 4.78 is 48.7. The first-order valence-corrected chi connectivity index (χ1v) is 14.3. The molecular weight excluding hydrogens is 543 g/mol. The van der Waals surface area contributed by atoms with E-state index in [4.69, 9.17) is 14.7 Å². The molecule has 0 spiro atoms. The van der Waals surface area contributed by atoms with E-state index in [0.29, 0.717) is 50.8 Å². The van der Waals surface area contributed by atoms with E-state index in [1.807, 2.05) is 6.07 Å². The van der Waals surface area contributed by atoms with Gasteiger partial charge < -0.3 is 19.3 Å². The van der Waals surface area contributed by atoms with Gasteiger partial charge in [-0.05, 0) is 37.0 Å². The molecule has 0 amide bonds. The van der Waals surface area contributed by atoms with E-state index in [1.54, 1.807) is 29.5 Å². The van der Waals surface area contributed by atoms with Crippen LogP contribution in [0.3, 0.4) is 0 Å². The Bertz CT molecular complexity index is 1550. The Balaban J connectivity index is 1.16. The van der Waals surface area contributed by atoms with Crippen LogP contribution in [0.15, 0.2) is 30.3 Å². The zero-order valence-corrected chi connectivity index (χ0v) is 22.5. The van der Waals surface area contributed by atoms with Crippen LogP contribution in [-0.2, 0) is 23.9 Å². The molecule has 0 unspecified atom stereocenters. The number of hydrogen-bond donors (Lipinski definition) is 1. The highest BCUT2D eigenvalue weighted by Crippen LogP contribution is 2.42. The van der Waals surface area contributed by atoms with Gasteiger partial charge in [0.1, 0.15) is 11.6 Å². The molecule has 7 rings (SSSR count). The number of halogens is 3. The summed E-state index contributed by atoms with van der Waals surface area (Å²) in [5.41, 5.74) is 1.60. The van der Waals surface area contributed by atoms with Crippen molar-refractivity contribution in [3.63, 3.8) is 0 Å². The minimum Gasteiger partial charge on any atom is -0.508 e. The van der Waals surface area contributed by atoms with Crippen LogP contribution in [-0.4, -0.2) is 74.1 Å². The number of aromatic hydroxyl groups is 1. The van der Waals surface area contributed by atoms with Crippen molar-refractivity contribution in [3.05, 3.63) is 46.9 Å². The standard InChI is InChI=1S/C27H28F3N7O2S/c28-27(29,30)26-34-33-22-5-4-17-14-35(7-6-21(17)37(22)26)15-19-13-20-23(40-19)25(36-8-10-39-11-9-36)32-24(31-20)16-2-1-3-18(38)12-16/h1-3,12-13,17,21,38H,4-11,14-15H2/t17-,21+/m1/s1. The van der Waals surface area contributed by atoms with Crippen LogP contribution in [0.25, 0.3) is 21.6 Å². The SMILES string of the molecule is Oc1cccc(-c2nc(N3CCOCC3)c3sc(CN4CC[C@H]5[C@H](CCc6nnc(C(F)(F)F)n65)C4)cc3n2)c1. The first kappa shape index (κ1) is 25.7. The van der Waals surface area contributed by atoms with Gasteiger partial charge in [-0.2, -0.15) is 13.2 Å². The monoisotopic (exact) mass is 571 g/mol. The number of alkyl halides is 3. The number of fused-ring (bicyclic) bond motifs is 4. The molecule has 0 radical (unpaired) electrons. The Labute approximate surface area is 232 Å². The number of ether oxygens (including phenoxy) is 1. The van der Waals surface area contributed by atoms with E-state index < -0.39 is 12.0 Å². The third-order valence-electron chi connectivity index (χ3n) is 8.07. The second-order valence-electron chi connectivity index (χ2n) is 10.6. The lowest BCUT2D eigenvalue weighted by atomic mass is 9.85. The molecule has 9 nitrogen and oxygen atoms in total. The number of nitrogens with zero attached hydrogens (tertiary/aromatic N) is 7. The molecule has 0 aliphatic carbocycles.